The summed E-state index contributed by atoms with van der Waals surface area (Å²) in [5.74, 6) is 0.389. The highest BCUT2D eigenvalue weighted by atomic mass is 32.2. The zero-order valence-electron chi connectivity index (χ0n) is 7.11. The predicted octanol–water partition coefficient (Wildman–Crippen LogP) is 1.37. The Morgan fingerprint density at radius 2 is 1.82 bits per heavy atom. The van der Waals surface area contributed by atoms with Crippen LogP contribution in [0.1, 0.15) is 20.8 Å². The van der Waals surface area contributed by atoms with Crippen LogP contribution in [0.15, 0.2) is 0 Å². The van der Waals surface area contributed by atoms with Crippen LogP contribution in [0.2, 0.25) is 0 Å². The van der Waals surface area contributed by atoms with Crippen molar-refractivity contribution in [3.63, 3.8) is 0 Å². The summed E-state index contributed by atoms with van der Waals surface area (Å²) in [6.45, 7) is 5.94. The largest absolute Gasteiger partial charge is 0.286 e. The van der Waals surface area contributed by atoms with Gasteiger partial charge in [-0.15, -0.1) is 0 Å². The lowest BCUT2D eigenvalue weighted by atomic mass is 9.96. The second-order valence-electron chi connectivity index (χ2n) is 3.09. The first kappa shape index (κ1) is 10.9. The molecule has 4 heteroatoms. The third-order valence-electron chi connectivity index (χ3n) is 1.73. The van der Waals surface area contributed by atoms with Crippen LogP contribution in [0.4, 0.5) is 0 Å². The fourth-order valence-electron chi connectivity index (χ4n) is 0.546. The van der Waals surface area contributed by atoms with Crippen molar-refractivity contribution in [2.45, 2.75) is 20.8 Å². The number of hydrogen-bond acceptors (Lipinski definition) is 2. The Labute approximate surface area is 68.6 Å². The van der Waals surface area contributed by atoms with Crippen LogP contribution in [0.5, 0.6) is 0 Å². The molecule has 11 heavy (non-hydrogen) atoms. The normalized spacial score (nSPS) is 15.4. The van der Waals surface area contributed by atoms with Gasteiger partial charge in [-0.1, -0.05) is 20.8 Å². The molecule has 0 rings (SSSR count). The van der Waals surface area contributed by atoms with E-state index < -0.39 is 10.1 Å². The van der Waals surface area contributed by atoms with Gasteiger partial charge in [-0.2, -0.15) is 8.42 Å². The van der Waals surface area contributed by atoms with Crippen LogP contribution in [-0.4, -0.2) is 18.7 Å². The van der Waals surface area contributed by atoms with Crippen LogP contribution in [0.25, 0.3) is 0 Å². The van der Waals surface area contributed by atoms with E-state index >= 15 is 0 Å². The summed E-state index contributed by atoms with van der Waals surface area (Å²) in [5, 5.41) is 0. The van der Waals surface area contributed by atoms with Gasteiger partial charge in [-0.05, 0) is 18.3 Å². The van der Waals surface area contributed by atoms with Gasteiger partial charge in [0.1, 0.15) is 0 Å². The molecule has 0 saturated carbocycles. The van der Waals surface area contributed by atoms with Gasteiger partial charge in [0.05, 0.1) is 5.75 Å². The molecule has 1 radical (unpaired) electrons. The zero-order chi connectivity index (χ0) is 9.07. The van der Waals surface area contributed by atoms with Crippen LogP contribution >= 0.6 is 0 Å². The van der Waals surface area contributed by atoms with Crippen molar-refractivity contribution in [3.05, 3.63) is 6.42 Å². The average molecular weight is 179 g/mol. The Bertz CT molecular complexity index is 194. The first-order chi connectivity index (χ1) is 4.83. The first-order valence-corrected chi connectivity index (χ1v) is 5.22. The molecule has 1 N–H and O–H groups in total. The summed E-state index contributed by atoms with van der Waals surface area (Å²) in [7, 11) is -3.81. The Balaban J connectivity index is 3.72. The molecule has 0 heterocycles. The van der Waals surface area contributed by atoms with Gasteiger partial charge < -0.3 is 0 Å². The molecule has 0 saturated heterocycles. The minimum absolute atomic E-state index is 0.219. The molecule has 0 amide bonds. The van der Waals surface area contributed by atoms with Crippen molar-refractivity contribution >= 4 is 10.1 Å². The maximum atomic E-state index is 10.3. The Hall–Kier alpha value is -0.0900. The van der Waals surface area contributed by atoms with E-state index in [0.29, 0.717) is 5.92 Å². The summed E-state index contributed by atoms with van der Waals surface area (Å²) < 4.78 is 29.0. The fraction of sp³-hybridized carbons (Fsp3) is 0.857. The molecule has 0 spiro atoms. The molecule has 0 aromatic heterocycles. The van der Waals surface area contributed by atoms with Gasteiger partial charge in [0.2, 0.25) is 0 Å². The molecule has 1 unspecified atom stereocenters. The van der Waals surface area contributed by atoms with E-state index in [1.54, 1.807) is 6.42 Å². The highest BCUT2D eigenvalue weighted by Crippen LogP contribution is 2.13. The number of hydrogen-bond donors (Lipinski definition) is 1. The standard InChI is InChI=1S/C7H15O3S/c1-6(2)7(3)4-5-11(8,9)10/h4,6-7H,5H2,1-3H3,(H,8,9,10). The van der Waals surface area contributed by atoms with Gasteiger partial charge in [0.25, 0.3) is 10.1 Å². The fourth-order valence-corrected chi connectivity index (χ4v) is 1.09. The second-order valence-corrected chi connectivity index (χ2v) is 4.58. The lowest BCUT2D eigenvalue weighted by Crippen LogP contribution is -2.12. The van der Waals surface area contributed by atoms with Crippen molar-refractivity contribution < 1.29 is 13.0 Å². The van der Waals surface area contributed by atoms with E-state index in [0.717, 1.165) is 0 Å². The maximum absolute atomic E-state index is 10.3. The first-order valence-electron chi connectivity index (χ1n) is 3.61. The molecule has 0 bridgehead atoms. The van der Waals surface area contributed by atoms with Gasteiger partial charge in [0.15, 0.2) is 0 Å². The summed E-state index contributed by atoms with van der Waals surface area (Å²) in [4.78, 5) is 0. The monoisotopic (exact) mass is 179 g/mol. The molecule has 0 aromatic carbocycles. The zero-order valence-corrected chi connectivity index (χ0v) is 7.93. The van der Waals surface area contributed by atoms with E-state index in [4.69, 9.17) is 4.55 Å². The molecule has 0 aliphatic rings. The van der Waals surface area contributed by atoms with E-state index in [1.165, 1.54) is 0 Å². The molecule has 1 atom stereocenters. The van der Waals surface area contributed by atoms with Crippen LogP contribution < -0.4 is 0 Å². The third-order valence-corrected chi connectivity index (χ3v) is 2.34. The topological polar surface area (TPSA) is 54.4 Å². The number of rotatable bonds is 4. The van der Waals surface area contributed by atoms with Gasteiger partial charge in [-0.3, -0.25) is 4.55 Å². The van der Waals surface area contributed by atoms with Gasteiger partial charge >= 0.3 is 0 Å². The molecular formula is C7H15O3S. The van der Waals surface area contributed by atoms with Crippen molar-refractivity contribution in [1.29, 1.82) is 0 Å². The lowest BCUT2D eigenvalue weighted by molar-refractivity contribution is 0.458. The molecular weight excluding hydrogens is 164 g/mol. The predicted molar refractivity (Wildman–Crippen MR) is 44.7 cm³/mol. The minimum atomic E-state index is -3.81. The highest BCUT2D eigenvalue weighted by molar-refractivity contribution is 7.85. The van der Waals surface area contributed by atoms with E-state index in [9.17, 15) is 8.42 Å². The van der Waals surface area contributed by atoms with E-state index in [-0.39, 0.29) is 11.7 Å². The summed E-state index contributed by atoms with van der Waals surface area (Å²) in [6, 6.07) is 0. The van der Waals surface area contributed by atoms with Gasteiger partial charge in [-0.25, -0.2) is 0 Å². The smallest absolute Gasteiger partial charge is 0.265 e. The average Bonchev–Trinajstić information content (AvgIpc) is 1.80. The van der Waals surface area contributed by atoms with Crippen LogP contribution in [0, 0.1) is 18.3 Å². The second kappa shape index (κ2) is 4.07. The van der Waals surface area contributed by atoms with Crippen molar-refractivity contribution in [1.82, 2.24) is 0 Å². The van der Waals surface area contributed by atoms with Crippen LogP contribution in [0.3, 0.4) is 0 Å². The van der Waals surface area contributed by atoms with Crippen molar-refractivity contribution in [3.8, 4) is 0 Å². The third kappa shape index (κ3) is 6.31. The van der Waals surface area contributed by atoms with Crippen molar-refractivity contribution in [2.75, 3.05) is 5.75 Å². The summed E-state index contributed by atoms with van der Waals surface area (Å²) in [6.07, 6.45) is 1.61. The SMILES string of the molecule is CC(C)C(C)[CH]CS(=O)(=O)O. The van der Waals surface area contributed by atoms with E-state index in [2.05, 4.69) is 0 Å². The van der Waals surface area contributed by atoms with E-state index in [1.807, 2.05) is 20.8 Å². The Morgan fingerprint density at radius 3 is 2.09 bits per heavy atom. The lowest BCUT2D eigenvalue weighted by Gasteiger charge is -2.12. The molecule has 0 aromatic rings. The molecule has 0 aliphatic heterocycles. The maximum Gasteiger partial charge on any atom is 0.265 e. The van der Waals surface area contributed by atoms with Crippen LogP contribution in [-0.2, 0) is 10.1 Å². The molecule has 67 valence electrons. The Morgan fingerprint density at radius 1 is 1.36 bits per heavy atom. The summed E-state index contributed by atoms with van der Waals surface area (Å²) in [5.41, 5.74) is 0. The Kier molecular flexibility index (Phi) is 4.03. The highest BCUT2D eigenvalue weighted by Gasteiger charge is 2.11. The molecule has 3 nitrogen and oxygen atoms in total. The molecule has 0 aliphatic carbocycles. The summed E-state index contributed by atoms with van der Waals surface area (Å²) >= 11 is 0. The molecule has 0 fully saturated rings. The van der Waals surface area contributed by atoms with Gasteiger partial charge in [0, 0.05) is 0 Å². The minimum Gasteiger partial charge on any atom is -0.286 e. The van der Waals surface area contributed by atoms with Crippen molar-refractivity contribution in [2.24, 2.45) is 11.8 Å². The quantitative estimate of drug-likeness (QED) is 0.663.